The largest absolute Gasteiger partial charge is 0.414 e. The highest BCUT2D eigenvalue weighted by Gasteiger charge is 1.87. The molecule has 0 aliphatic carbocycles. The average Bonchev–Trinajstić information content (AvgIpc) is 2.50. The zero-order chi connectivity index (χ0) is 7.94. The number of rotatable bonds is 5. The predicted molar refractivity (Wildman–Crippen MR) is 45.4 cm³/mol. The molecule has 0 unspecified atom stereocenters. The fourth-order valence-corrected chi connectivity index (χ4v) is 0.927. The quantitative estimate of drug-likeness (QED) is 0.591. The molecule has 0 fully saturated rings. The van der Waals surface area contributed by atoms with Crippen LogP contribution in [-0.2, 0) is 0 Å². The summed E-state index contributed by atoms with van der Waals surface area (Å²) in [6.07, 6.45) is 7.46. The molecule has 0 N–H and O–H groups in total. The molecule has 0 amide bonds. The lowest BCUT2D eigenvalue weighted by Crippen LogP contribution is -2.09. The summed E-state index contributed by atoms with van der Waals surface area (Å²) in [6.45, 7) is 3.01. The van der Waals surface area contributed by atoms with E-state index in [9.17, 15) is 0 Å². The fraction of sp³-hybridized carbons (Fsp3) is 0.556. The Hall–Kier alpha value is -0.920. The molecule has 0 aliphatic heterocycles. The van der Waals surface area contributed by atoms with Crippen LogP contribution in [-0.4, -0.2) is 11.3 Å². The van der Waals surface area contributed by atoms with E-state index in [2.05, 4.69) is 6.92 Å². The van der Waals surface area contributed by atoms with Crippen molar-refractivity contribution in [3.05, 3.63) is 24.5 Å². The predicted octanol–water partition coefficient (Wildman–Crippen LogP) is 2.11. The third-order valence-corrected chi connectivity index (χ3v) is 1.57. The molecule has 62 valence electrons. The van der Waals surface area contributed by atoms with Crippen LogP contribution >= 0.6 is 0 Å². The Kier molecular flexibility index (Phi) is 3.59. The van der Waals surface area contributed by atoms with Gasteiger partial charge < -0.3 is 4.84 Å². The van der Waals surface area contributed by atoms with E-state index < -0.39 is 0 Å². The van der Waals surface area contributed by atoms with E-state index in [1.165, 1.54) is 12.8 Å². The van der Waals surface area contributed by atoms with E-state index in [4.69, 9.17) is 4.84 Å². The smallest absolute Gasteiger partial charge is 0.115 e. The molecular formula is C9H15NO. The zero-order valence-corrected chi connectivity index (χ0v) is 6.99. The van der Waals surface area contributed by atoms with Crippen molar-refractivity contribution in [2.24, 2.45) is 0 Å². The monoisotopic (exact) mass is 153 g/mol. The Bertz CT molecular complexity index is 170. The van der Waals surface area contributed by atoms with Gasteiger partial charge in [0.1, 0.15) is 6.61 Å². The number of unbranched alkanes of at least 4 members (excludes halogenated alkanes) is 2. The van der Waals surface area contributed by atoms with Gasteiger partial charge in [-0.2, -0.15) is 4.73 Å². The fourth-order valence-electron chi connectivity index (χ4n) is 0.927. The van der Waals surface area contributed by atoms with Crippen molar-refractivity contribution in [2.75, 3.05) is 6.61 Å². The van der Waals surface area contributed by atoms with Crippen molar-refractivity contribution >= 4 is 0 Å². The Balaban J connectivity index is 2.04. The molecule has 0 saturated carbocycles. The van der Waals surface area contributed by atoms with E-state index in [0.29, 0.717) is 0 Å². The van der Waals surface area contributed by atoms with Crippen molar-refractivity contribution in [1.82, 2.24) is 4.73 Å². The number of aromatic nitrogens is 1. The molecule has 0 saturated heterocycles. The minimum Gasteiger partial charge on any atom is -0.414 e. The molecule has 1 rings (SSSR count). The van der Waals surface area contributed by atoms with E-state index in [-0.39, 0.29) is 0 Å². The van der Waals surface area contributed by atoms with Crippen LogP contribution in [0, 0.1) is 0 Å². The van der Waals surface area contributed by atoms with Crippen LogP contribution in [0.25, 0.3) is 0 Å². The minimum absolute atomic E-state index is 0.822. The minimum atomic E-state index is 0.822. The Labute approximate surface area is 67.7 Å². The molecule has 0 aromatic carbocycles. The van der Waals surface area contributed by atoms with Gasteiger partial charge in [0.25, 0.3) is 0 Å². The summed E-state index contributed by atoms with van der Waals surface area (Å²) in [5.41, 5.74) is 0. The number of hydrogen-bond acceptors (Lipinski definition) is 1. The van der Waals surface area contributed by atoms with Crippen molar-refractivity contribution in [1.29, 1.82) is 0 Å². The van der Waals surface area contributed by atoms with E-state index in [1.807, 2.05) is 24.5 Å². The summed E-state index contributed by atoms with van der Waals surface area (Å²) < 4.78 is 1.75. The Morgan fingerprint density at radius 3 is 2.55 bits per heavy atom. The Morgan fingerprint density at radius 1 is 1.18 bits per heavy atom. The van der Waals surface area contributed by atoms with Crippen molar-refractivity contribution in [2.45, 2.75) is 26.2 Å². The molecule has 0 bridgehead atoms. The second kappa shape index (κ2) is 4.83. The molecule has 0 atom stereocenters. The Morgan fingerprint density at radius 2 is 1.91 bits per heavy atom. The van der Waals surface area contributed by atoms with Gasteiger partial charge in [-0.05, 0) is 18.6 Å². The van der Waals surface area contributed by atoms with Crippen LogP contribution in [0.15, 0.2) is 24.5 Å². The van der Waals surface area contributed by atoms with Crippen molar-refractivity contribution in [3.63, 3.8) is 0 Å². The maximum absolute atomic E-state index is 5.36. The van der Waals surface area contributed by atoms with Gasteiger partial charge in [-0.15, -0.1) is 0 Å². The first-order valence-corrected chi connectivity index (χ1v) is 4.19. The molecule has 1 aromatic rings. The number of nitrogens with zero attached hydrogens (tertiary/aromatic N) is 1. The molecule has 2 nitrogen and oxygen atoms in total. The van der Waals surface area contributed by atoms with Gasteiger partial charge >= 0.3 is 0 Å². The summed E-state index contributed by atoms with van der Waals surface area (Å²) >= 11 is 0. The van der Waals surface area contributed by atoms with E-state index in [0.717, 1.165) is 13.0 Å². The maximum atomic E-state index is 5.36. The van der Waals surface area contributed by atoms with Crippen LogP contribution in [0.5, 0.6) is 0 Å². The second-order valence-electron chi connectivity index (χ2n) is 2.58. The molecule has 1 heterocycles. The first kappa shape index (κ1) is 8.18. The van der Waals surface area contributed by atoms with Crippen LogP contribution in [0.2, 0.25) is 0 Å². The molecule has 0 aliphatic rings. The van der Waals surface area contributed by atoms with Gasteiger partial charge in [0, 0.05) is 12.4 Å². The summed E-state index contributed by atoms with van der Waals surface area (Å²) in [6, 6.07) is 3.92. The molecule has 11 heavy (non-hydrogen) atoms. The summed E-state index contributed by atoms with van der Waals surface area (Å²) in [5.74, 6) is 0. The topological polar surface area (TPSA) is 14.2 Å². The standard InChI is InChI=1S/C9H15NO/c1-2-3-6-9-11-10-7-4-5-8-10/h4-5,7-8H,2-3,6,9H2,1H3. The zero-order valence-electron chi connectivity index (χ0n) is 6.99. The third kappa shape index (κ3) is 3.12. The van der Waals surface area contributed by atoms with E-state index >= 15 is 0 Å². The second-order valence-corrected chi connectivity index (χ2v) is 2.58. The van der Waals surface area contributed by atoms with Gasteiger partial charge in [0.2, 0.25) is 0 Å². The van der Waals surface area contributed by atoms with Crippen LogP contribution in [0.1, 0.15) is 26.2 Å². The van der Waals surface area contributed by atoms with Gasteiger partial charge in [-0.1, -0.05) is 19.8 Å². The highest BCUT2D eigenvalue weighted by molar-refractivity contribution is 4.87. The van der Waals surface area contributed by atoms with Crippen LogP contribution in [0.3, 0.4) is 0 Å². The summed E-state index contributed by atoms with van der Waals surface area (Å²) in [7, 11) is 0. The van der Waals surface area contributed by atoms with Gasteiger partial charge in [-0.25, -0.2) is 0 Å². The molecule has 0 spiro atoms. The molecule has 0 radical (unpaired) electrons. The lowest BCUT2D eigenvalue weighted by molar-refractivity contribution is 0.107. The van der Waals surface area contributed by atoms with Gasteiger partial charge in [0.05, 0.1) is 0 Å². The first-order valence-electron chi connectivity index (χ1n) is 4.19. The summed E-state index contributed by atoms with van der Waals surface area (Å²) in [5, 5.41) is 0. The normalized spacial score (nSPS) is 9.91. The lowest BCUT2D eigenvalue weighted by atomic mass is 10.3. The lowest BCUT2D eigenvalue weighted by Gasteiger charge is -2.04. The maximum Gasteiger partial charge on any atom is 0.115 e. The highest BCUT2D eigenvalue weighted by atomic mass is 16.7. The van der Waals surface area contributed by atoms with Crippen LogP contribution in [0.4, 0.5) is 0 Å². The highest BCUT2D eigenvalue weighted by Crippen LogP contribution is 1.93. The number of hydrogen-bond donors (Lipinski definition) is 0. The summed E-state index contributed by atoms with van der Waals surface area (Å²) in [4.78, 5) is 5.36. The average molecular weight is 153 g/mol. The van der Waals surface area contributed by atoms with Crippen molar-refractivity contribution < 1.29 is 4.84 Å². The van der Waals surface area contributed by atoms with Crippen LogP contribution < -0.4 is 4.84 Å². The first-order chi connectivity index (χ1) is 5.43. The van der Waals surface area contributed by atoms with Gasteiger partial charge in [0.15, 0.2) is 0 Å². The van der Waals surface area contributed by atoms with Gasteiger partial charge in [-0.3, -0.25) is 0 Å². The third-order valence-electron chi connectivity index (χ3n) is 1.57. The molecular weight excluding hydrogens is 138 g/mol. The van der Waals surface area contributed by atoms with Crippen molar-refractivity contribution in [3.8, 4) is 0 Å². The molecule has 1 aromatic heterocycles. The molecule has 2 heteroatoms. The SMILES string of the molecule is CCCCCOn1cccc1. The van der Waals surface area contributed by atoms with E-state index in [1.54, 1.807) is 4.73 Å².